The van der Waals surface area contributed by atoms with Gasteiger partial charge in [-0.1, -0.05) is 0 Å². The predicted molar refractivity (Wildman–Crippen MR) is 45.4 cm³/mol. The number of carboxylic acid groups (broad SMARTS) is 1. The van der Waals surface area contributed by atoms with E-state index in [-0.39, 0.29) is 0 Å². The second-order valence-corrected chi connectivity index (χ2v) is 2.90. The Labute approximate surface area is 68.9 Å². The van der Waals surface area contributed by atoms with Crippen LogP contribution in [-0.2, 0) is 0 Å². The van der Waals surface area contributed by atoms with Crippen molar-refractivity contribution in [1.82, 2.24) is 0 Å². The van der Waals surface area contributed by atoms with Crippen LogP contribution in [-0.4, -0.2) is 17.7 Å². The molecule has 0 bridgehead atoms. The molecule has 1 rings (SSSR count). The van der Waals surface area contributed by atoms with E-state index in [1.54, 1.807) is 6.07 Å². The maximum atomic E-state index is 10.6. The zero-order chi connectivity index (χ0) is 8.27. The van der Waals surface area contributed by atoms with Gasteiger partial charge in [-0.3, -0.25) is 4.90 Å². The van der Waals surface area contributed by atoms with Crippen molar-refractivity contribution in [3.63, 3.8) is 0 Å². The predicted octanol–water partition coefficient (Wildman–Crippen LogP) is 2.25. The summed E-state index contributed by atoms with van der Waals surface area (Å²) in [6.45, 7) is 2.31. The fraction of sp³-hybridized carbons (Fsp3) is 0.286. The van der Waals surface area contributed by atoms with Gasteiger partial charge in [0.1, 0.15) is 5.00 Å². The molecule has 0 aliphatic heterocycles. The molecule has 0 fully saturated rings. The number of amides is 1. The summed E-state index contributed by atoms with van der Waals surface area (Å²) in [5, 5.41) is 11.3. The Balaban J connectivity index is 2.79. The van der Waals surface area contributed by atoms with Gasteiger partial charge in [-0.15, -0.1) is 11.3 Å². The van der Waals surface area contributed by atoms with Crippen molar-refractivity contribution < 1.29 is 9.90 Å². The van der Waals surface area contributed by atoms with Crippen LogP contribution >= 0.6 is 11.3 Å². The average molecular weight is 171 g/mol. The van der Waals surface area contributed by atoms with Gasteiger partial charge in [-0.2, -0.15) is 0 Å². The molecule has 0 atom stereocenters. The highest BCUT2D eigenvalue weighted by Crippen LogP contribution is 2.20. The zero-order valence-corrected chi connectivity index (χ0v) is 6.97. The van der Waals surface area contributed by atoms with Gasteiger partial charge in [0.25, 0.3) is 0 Å². The second kappa shape index (κ2) is 3.39. The van der Waals surface area contributed by atoms with Crippen LogP contribution < -0.4 is 4.90 Å². The van der Waals surface area contributed by atoms with Gasteiger partial charge in [0.05, 0.1) is 0 Å². The van der Waals surface area contributed by atoms with Gasteiger partial charge >= 0.3 is 6.09 Å². The molecule has 1 heterocycles. The molecular formula is C7H9NO2S. The largest absolute Gasteiger partial charge is 0.465 e. The molecular weight excluding hydrogens is 162 g/mol. The molecule has 0 saturated carbocycles. The SMILES string of the molecule is CCN(C(=O)O)c1cccs1. The summed E-state index contributed by atoms with van der Waals surface area (Å²) in [6, 6.07) is 3.63. The van der Waals surface area contributed by atoms with Crippen LogP contribution in [0.4, 0.5) is 9.80 Å². The normalized spacial score (nSPS) is 9.55. The van der Waals surface area contributed by atoms with E-state index in [9.17, 15) is 4.79 Å². The van der Waals surface area contributed by atoms with Crippen LogP contribution in [0.25, 0.3) is 0 Å². The maximum absolute atomic E-state index is 10.6. The van der Waals surface area contributed by atoms with Crippen molar-refractivity contribution in [1.29, 1.82) is 0 Å². The van der Waals surface area contributed by atoms with Crippen LogP contribution in [0, 0.1) is 0 Å². The highest BCUT2D eigenvalue weighted by molar-refractivity contribution is 7.14. The first-order valence-corrected chi connectivity index (χ1v) is 4.17. The molecule has 1 amide bonds. The van der Waals surface area contributed by atoms with E-state index >= 15 is 0 Å². The molecule has 3 nitrogen and oxygen atoms in total. The van der Waals surface area contributed by atoms with Gasteiger partial charge in [0, 0.05) is 6.54 Å². The van der Waals surface area contributed by atoms with E-state index in [1.807, 2.05) is 18.4 Å². The Bertz CT molecular complexity index is 233. The topological polar surface area (TPSA) is 40.5 Å². The van der Waals surface area contributed by atoms with Crippen molar-refractivity contribution in [3.05, 3.63) is 17.5 Å². The molecule has 4 heteroatoms. The fourth-order valence-corrected chi connectivity index (χ4v) is 1.60. The molecule has 0 spiro atoms. The third kappa shape index (κ3) is 1.71. The molecule has 1 aromatic heterocycles. The maximum Gasteiger partial charge on any atom is 0.412 e. The van der Waals surface area contributed by atoms with E-state index in [0.29, 0.717) is 6.54 Å². The Morgan fingerprint density at radius 3 is 2.91 bits per heavy atom. The van der Waals surface area contributed by atoms with Crippen LogP contribution in [0.2, 0.25) is 0 Å². The highest BCUT2D eigenvalue weighted by atomic mass is 32.1. The van der Waals surface area contributed by atoms with Crippen molar-refractivity contribution in [3.8, 4) is 0 Å². The van der Waals surface area contributed by atoms with Crippen LogP contribution in [0.1, 0.15) is 6.92 Å². The smallest absolute Gasteiger partial charge is 0.412 e. The molecule has 0 radical (unpaired) electrons. The summed E-state index contributed by atoms with van der Waals surface area (Å²) >= 11 is 1.43. The summed E-state index contributed by atoms with van der Waals surface area (Å²) in [5.74, 6) is 0. The lowest BCUT2D eigenvalue weighted by Gasteiger charge is -2.13. The van der Waals surface area contributed by atoms with Gasteiger partial charge in [0.15, 0.2) is 0 Å². The molecule has 1 N–H and O–H groups in total. The fourth-order valence-electron chi connectivity index (χ4n) is 0.809. The number of rotatable bonds is 2. The summed E-state index contributed by atoms with van der Waals surface area (Å²) in [6.07, 6.45) is -0.894. The monoisotopic (exact) mass is 171 g/mol. The van der Waals surface area contributed by atoms with E-state index in [2.05, 4.69) is 0 Å². The third-order valence-electron chi connectivity index (χ3n) is 1.32. The molecule has 1 aromatic rings. The first kappa shape index (κ1) is 8.07. The Morgan fingerprint density at radius 2 is 2.55 bits per heavy atom. The summed E-state index contributed by atoms with van der Waals surface area (Å²) in [5.41, 5.74) is 0. The van der Waals surface area contributed by atoms with Crippen molar-refractivity contribution in [2.45, 2.75) is 6.92 Å². The van der Waals surface area contributed by atoms with E-state index in [1.165, 1.54) is 16.2 Å². The van der Waals surface area contributed by atoms with Gasteiger partial charge < -0.3 is 5.11 Å². The molecule has 0 aliphatic carbocycles. The van der Waals surface area contributed by atoms with Gasteiger partial charge in [0.2, 0.25) is 0 Å². The number of nitrogens with zero attached hydrogens (tertiary/aromatic N) is 1. The van der Waals surface area contributed by atoms with Crippen molar-refractivity contribution >= 4 is 22.4 Å². The lowest BCUT2D eigenvalue weighted by Crippen LogP contribution is -2.27. The van der Waals surface area contributed by atoms with Gasteiger partial charge in [-0.25, -0.2) is 4.79 Å². The lowest BCUT2D eigenvalue weighted by atomic mass is 10.5. The highest BCUT2D eigenvalue weighted by Gasteiger charge is 2.11. The first-order chi connectivity index (χ1) is 5.25. The van der Waals surface area contributed by atoms with E-state index in [0.717, 1.165) is 5.00 Å². The average Bonchev–Trinajstić information content (AvgIpc) is 2.40. The Hall–Kier alpha value is -1.03. The third-order valence-corrected chi connectivity index (χ3v) is 2.21. The number of hydrogen-bond acceptors (Lipinski definition) is 2. The number of hydrogen-bond donors (Lipinski definition) is 1. The van der Waals surface area contributed by atoms with Gasteiger partial charge in [-0.05, 0) is 24.4 Å². The standard InChI is InChI=1S/C7H9NO2S/c1-2-8(7(9)10)6-4-3-5-11-6/h3-5H,2H2,1H3,(H,9,10). The Kier molecular flexibility index (Phi) is 2.48. The van der Waals surface area contributed by atoms with Crippen LogP contribution in [0.3, 0.4) is 0 Å². The minimum atomic E-state index is -0.894. The molecule has 11 heavy (non-hydrogen) atoms. The van der Waals surface area contributed by atoms with Crippen molar-refractivity contribution in [2.24, 2.45) is 0 Å². The summed E-state index contributed by atoms with van der Waals surface area (Å²) in [4.78, 5) is 11.9. The molecule has 0 aliphatic rings. The summed E-state index contributed by atoms with van der Waals surface area (Å²) in [7, 11) is 0. The molecule has 0 unspecified atom stereocenters. The van der Waals surface area contributed by atoms with Crippen molar-refractivity contribution in [2.75, 3.05) is 11.4 Å². The Morgan fingerprint density at radius 1 is 1.82 bits per heavy atom. The van der Waals surface area contributed by atoms with Crippen LogP contribution in [0.5, 0.6) is 0 Å². The minimum absolute atomic E-state index is 0.496. The number of anilines is 1. The molecule has 0 aromatic carbocycles. The zero-order valence-electron chi connectivity index (χ0n) is 6.15. The van der Waals surface area contributed by atoms with Crippen LogP contribution in [0.15, 0.2) is 17.5 Å². The minimum Gasteiger partial charge on any atom is -0.465 e. The van der Waals surface area contributed by atoms with E-state index in [4.69, 9.17) is 5.11 Å². The molecule has 60 valence electrons. The molecule has 0 saturated heterocycles. The number of carbonyl (C=O) groups is 1. The van der Waals surface area contributed by atoms with E-state index < -0.39 is 6.09 Å². The number of thiophene rings is 1. The second-order valence-electron chi connectivity index (χ2n) is 1.98. The summed E-state index contributed by atoms with van der Waals surface area (Å²) < 4.78 is 0. The lowest BCUT2D eigenvalue weighted by molar-refractivity contribution is 0.202. The quantitative estimate of drug-likeness (QED) is 0.741. The first-order valence-electron chi connectivity index (χ1n) is 3.29.